The second-order valence-electron chi connectivity index (χ2n) is 7.99. The van der Waals surface area contributed by atoms with Crippen LogP contribution in [0.3, 0.4) is 0 Å². The van der Waals surface area contributed by atoms with Crippen LogP contribution in [0.25, 0.3) is 10.2 Å². The molecule has 30 heavy (non-hydrogen) atoms. The topological polar surface area (TPSA) is 68.3 Å². The Kier molecular flexibility index (Phi) is 6.13. The van der Waals surface area contributed by atoms with Crippen LogP contribution in [-0.4, -0.2) is 23.5 Å². The second-order valence-corrected chi connectivity index (χ2v) is 9.05. The van der Waals surface area contributed by atoms with Gasteiger partial charge in [-0.05, 0) is 56.0 Å². The van der Waals surface area contributed by atoms with Gasteiger partial charge in [-0.3, -0.25) is 9.59 Å². The average molecular weight is 423 g/mol. The number of nitrogens with zero attached hydrogens (tertiary/aromatic N) is 1. The highest BCUT2D eigenvalue weighted by Gasteiger charge is 2.35. The molecule has 1 aromatic heterocycles. The first-order valence-corrected chi connectivity index (χ1v) is 11.2. The summed E-state index contributed by atoms with van der Waals surface area (Å²) in [6, 6.07) is 13.9. The van der Waals surface area contributed by atoms with Gasteiger partial charge in [0.1, 0.15) is 0 Å². The summed E-state index contributed by atoms with van der Waals surface area (Å²) in [4.78, 5) is 30.0. The van der Waals surface area contributed by atoms with Crippen molar-refractivity contribution in [2.75, 3.05) is 11.9 Å². The molecule has 1 aliphatic rings. The van der Waals surface area contributed by atoms with E-state index in [0.29, 0.717) is 0 Å². The summed E-state index contributed by atoms with van der Waals surface area (Å²) < 4.78 is 6.57. The summed E-state index contributed by atoms with van der Waals surface area (Å²) in [5, 5.41) is 3.84. The third-order valence-corrected chi connectivity index (χ3v) is 6.88. The minimum atomic E-state index is -0.315. The van der Waals surface area contributed by atoms with Gasteiger partial charge >= 0.3 is 5.97 Å². The Bertz CT molecular complexity index is 1040. The molecular weight excluding hydrogens is 396 g/mol. The molecule has 1 heterocycles. The van der Waals surface area contributed by atoms with E-state index in [9.17, 15) is 9.59 Å². The van der Waals surface area contributed by atoms with Crippen LogP contribution < -0.4 is 5.32 Å². The fraction of sp³-hybridized carbons (Fsp3) is 0.375. The van der Waals surface area contributed by atoms with Crippen LogP contribution in [0, 0.1) is 19.8 Å². The molecule has 1 fully saturated rings. The van der Waals surface area contributed by atoms with Gasteiger partial charge in [-0.25, -0.2) is 4.98 Å². The zero-order chi connectivity index (χ0) is 21.1. The van der Waals surface area contributed by atoms with Crippen LogP contribution >= 0.6 is 11.3 Å². The third-order valence-electron chi connectivity index (χ3n) is 5.71. The SMILES string of the molecule is Cc1ccc(C)c(NC(=O)COC(=O)[C@H]2CCCC[C@@H]2c2nc3ccccc3s2)c1. The summed E-state index contributed by atoms with van der Waals surface area (Å²) in [7, 11) is 0. The first-order chi connectivity index (χ1) is 14.5. The van der Waals surface area contributed by atoms with Crippen LogP contribution in [0.15, 0.2) is 42.5 Å². The molecule has 1 N–H and O–H groups in total. The molecule has 0 aliphatic heterocycles. The van der Waals surface area contributed by atoms with Crippen molar-refractivity contribution in [3.05, 3.63) is 58.6 Å². The van der Waals surface area contributed by atoms with Crippen molar-refractivity contribution in [2.24, 2.45) is 5.92 Å². The number of rotatable bonds is 5. The first kappa shape index (κ1) is 20.5. The molecule has 0 bridgehead atoms. The van der Waals surface area contributed by atoms with Gasteiger partial charge in [0, 0.05) is 11.6 Å². The number of esters is 1. The molecule has 1 aliphatic carbocycles. The van der Waals surface area contributed by atoms with Gasteiger partial charge in [-0.1, -0.05) is 37.1 Å². The van der Waals surface area contributed by atoms with Gasteiger partial charge in [0.25, 0.3) is 5.91 Å². The standard InChI is InChI=1S/C24H26N2O3S/c1-15-11-12-16(2)20(13-15)25-22(27)14-29-24(28)18-8-4-3-7-17(18)23-26-19-9-5-6-10-21(19)30-23/h5-6,9-13,17-18H,3-4,7-8,14H2,1-2H3,(H,25,27)/t17-,18-/m0/s1. The lowest BCUT2D eigenvalue weighted by molar-refractivity contribution is -0.153. The Hall–Kier alpha value is -2.73. The van der Waals surface area contributed by atoms with E-state index in [1.54, 1.807) is 11.3 Å². The smallest absolute Gasteiger partial charge is 0.310 e. The van der Waals surface area contributed by atoms with Crippen molar-refractivity contribution >= 4 is 39.1 Å². The van der Waals surface area contributed by atoms with E-state index in [-0.39, 0.29) is 30.3 Å². The van der Waals surface area contributed by atoms with Gasteiger partial charge in [-0.15, -0.1) is 11.3 Å². The molecule has 1 saturated carbocycles. The highest BCUT2D eigenvalue weighted by molar-refractivity contribution is 7.18. The number of amides is 1. The number of benzene rings is 2. The van der Waals surface area contributed by atoms with Gasteiger partial charge in [0.15, 0.2) is 6.61 Å². The minimum Gasteiger partial charge on any atom is -0.455 e. The summed E-state index contributed by atoms with van der Waals surface area (Å²) in [5.41, 5.74) is 3.77. The molecule has 1 amide bonds. The molecule has 4 rings (SSSR count). The molecule has 2 aromatic carbocycles. The van der Waals surface area contributed by atoms with Crippen LogP contribution in [0.4, 0.5) is 5.69 Å². The lowest BCUT2D eigenvalue weighted by atomic mass is 9.79. The number of para-hydroxylation sites is 1. The third kappa shape index (κ3) is 4.54. The normalized spacial score (nSPS) is 18.9. The summed E-state index contributed by atoms with van der Waals surface area (Å²) in [6.07, 6.45) is 3.78. The summed E-state index contributed by atoms with van der Waals surface area (Å²) in [6.45, 7) is 3.64. The van der Waals surface area contributed by atoms with E-state index in [0.717, 1.165) is 57.7 Å². The number of nitrogens with one attached hydrogen (secondary N) is 1. The number of aromatic nitrogens is 1. The summed E-state index contributed by atoms with van der Waals surface area (Å²) in [5.74, 6) is -0.794. The van der Waals surface area contributed by atoms with Gasteiger partial charge < -0.3 is 10.1 Å². The van der Waals surface area contributed by atoms with Gasteiger partial charge in [0.05, 0.1) is 21.1 Å². The molecule has 0 radical (unpaired) electrons. The quantitative estimate of drug-likeness (QED) is 0.561. The van der Waals surface area contributed by atoms with E-state index in [4.69, 9.17) is 9.72 Å². The number of anilines is 1. The fourth-order valence-corrected chi connectivity index (χ4v) is 5.23. The largest absolute Gasteiger partial charge is 0.455 e. The van der Waals surface area contributed by atoms with E-state index in [1.165, 1.54) is 0 Å². The van der Waals surface area contributed by atoms with Crippen LogP contribution in [-0.2, 0) is 14.3 Å². The molecule has 6 heteroatoms. The highest BCUT2D eigenvalue weighted by Crippen LogP contribution is 2.41. The molecule has 0 spiro atoms. The highest BCUT2D eigenvalue weighted by atomic mass is 32.1. The summed E-state index contributed by atoms with van der Waals surface area (Å²) >= 11 is 1.66. The molecule has 2 atom stereocenters. The molecule has 0 unspecified atom stereocenters. The van der Waals surface area contributed by atoms with Crippen molar-refractivity contribution in [3.8, 4) is 0 Å². The zero-order valence-corrected chi connectivity index (χ0v) is 18.1. The van der Waals surface area contributed by atoms with E-state index in [1.807, 2.05) is 50.2 Å². The van der Waals surface area contributed by atoms with Crippen LogP contribution in [0.1, 0.15) is 47.7 Å². The Labute approximate surface area is 180 Å². The predicted molar refractivity (Wildman–Crippen MR) is 120 cm³/mol. The molecular formula is C24H26N2O3S. The minimum absolute atomic E-state index is 0.0609. The number of hydrogen-bond acceptors (Lipinski definition) is 5. The maximum Gasteiger partial charge on any atom is 0.310 e. The van der Waals surface area contributed by atoms with Crippen LogP contribution in [0.2, 0.25) is 0 Å². The number of fused-ring (bicyclic) bond motifs is 1. The Morgan fingerprint density at radius 2 is 1.93 bits per heavy atom. The maximum absolute atomic E-state index is 12.8. The number of hydrogen-bond donors (Lipinski definition) is 1. The van der Waals surface area contributed by atoms with Crippen molar-refractivity contribution in [1.82, 2.24) is 4.98 Å². The van der Waals surface area contributed by atoms with Crippen molar-refractivity contribution in [1.29, 1.82) is 0 Å². The average Bonchev–Trinajstić information content (AvgIpc) is 3.19. The molecule has 5 nitrogen and oxygen atoms in total. The lowest BCUT2D eigenvalue weighted by Gasteiger charge is -2.28. The Morgan fingerprint density at radius 3 is 2.77 bits per heavy atom. The molecule has 3 aromatic rings. The molecule has 0 saturated heterocycles. The van der Waals surface area contributed by atoms with Crippen LogP contribution in [0.5, 0.6) is 0 Å². The van der Waals surface area contributed by atoms with Crippen molar-refractivity contribution in [3.63, 3.8) is 0 Å². The van der Waals surface area contributed by atoms with Crippen molar-refractivity contribution in [2.45, 2.75) is 45.4 Å². The monoisotopic (exact) mass is 422 g/mol. The van der Waals surface area contributed by atoms with Crippen molar-refractivity contribution < 1.29 is 14.3 Å². The second kappa shape index (κ2) is 8.96. The first-order valence-electron chi connectivity index (χ1n) is 10.4. The fourth-order valence-electron chi connectivity index (χ4n) is 4.06. The number of ether oxygens (including phenoxy) is 1. The lowest BCUT2D eigenvalue weighted by Crippen LogP contribution is -2.30. The number of aryl methyl sites for hydroxylation is 2. The van der Waals surface area contributed by atoms with E-state index in [2.05, 4.69) is 11.4 Å². The number of carbonyl (C=O) groups is 2. The Balaban J connectivity index is 1.41. The zero-order valence-electron chi connectivity index (χ0n) is 17.3. The van der Waals surface area contributed by atoms with E-state index >= 15 is 0 Å². The number of thiazole rings is 1. The van der Waals surface area contributed by atoms with Gasteiger partial charge in [-0.2, -0.15) is 0 Å². The van der Waals surface area contributed by atoms with E-state index < -0.39 is 0 Å². The molecule has 156 valence electrons. The Morgan fingerprint density at radius 1 is 1.13 bits per heavy atom. The maximum atomic E-state index is 12.8. The van der Waals surface area contributed by atoms with Gasteiger partial charge in [0.2, 0.25) is 0 Å². The predicted octanol–water partition coefficient (Wildman–Crippen LogP) is 5.37. The number of carbonyl (C=O) groups excluding carboxylic acids is 2.